The first-order chi connectivity index (χ1) is 18.2. The number of hydrogen-bond acceptors (Lipinski definition) is 7. The monoisotopic (exact) mass is 507 g/mol. The van der Waals surface area contributed by atoms with E-state index in [2.05, 4.69) is 20.7 Å². The van der Waals surface area contributed by atoms with E-state index < -0.39 is 30.7 Å². The minimum absolute atomic E-state index is 0.00321. The molecule has 2 aliphatic rings. The number of halogens is 3. The zero-order chi connectivity index (χ0) is 28.3. The third-order valence-electron chi connectivity index (χ3n) is 6.66. The lowest BCUT2D eigenvalue weighted by Gasteiger charge is -2.19. The van der Waals surface area contributed by atoms with Gasteiger partial charge in [0, 0.05) is 41.0 Å². The number of nitrogens with zero attached hydrogens (tertiary/aromatic N) is 3. The van der Waals surface area contributed by atoms with Gasteiger partial charge in [-0.2, -0.15) is 18.3 Å². The van der Waals surface area contributed by atoms with E-state index in [1.54, 1.807) is 0 Å². The minimum atomic E-state index is -4.97. The topological polar surface area (TPSA) is 130 Å². The molecular weight excluding hydrogens is 481 g/mol. The Morgan fingerprint density at radius 2 is 2.11 bits per heavy atom. The van der Waals surface area contributed by atoms with Crippen LogP contribution in [0.15, 0.2) is 30.7 Å². The third kappa shape index (κ3) is 4.08. The Kier molecular flexibility index (Phi) is 4.72. The highest BCUT2D eigenvalue weighted by molar-refractivity contribution is 6.02. The molecule has 36 heavy (non-hydrogen) atoms. The second kappa shape index (κ2) is 8.36. The number of aliphatic hydroxyl groups excluding tert-OH is 1. The average molecular weight is 507 g/mol. The second-order valence-corrected chi connectivity index (χ2v) is 8.90. The van der Waals surface area contributed by atoms with Crippen LogP contribution >= 0.6 is 0 Å². The van der Waals surface area contributed by atoms with Crippen LogP contribution in [0.5, 0.6) is 5.75 Å². The van der Waals surface area contributed by atoms with E-state index in [0.29, 0.717) is 0 Å². The van der Waals surface area contributed by atoms with Gasteiger partial charge in [-0.3, -0.25) is 9.59 Å². The molecule has 2 fully saturated rings. The van der Waals surface area contributed by atoms with Gasteiger partial charge >= 0.3 is 6.18 Å². The van der Waals surface area contributed by atoms with Crippen LogP contribution in [-0.2, 0) is 4.79 Å². The maximum atomic E-state index is 13.3. The van der Waals surface area contributed by atoms with Crippen molar-refractivity contribution in [2.45, 2.75) is 31.5 Å². The summed E-state index contributed by atoms with van der Waals surface area (Å²) in [4.78, 5) is 29.5. The van der Waals surface area contributed by atoms with Gasteiger partial charge in [-0.1, -0.05) is 0 Å². The molecule has 5 rings (SSSR count). The van der Waals surface area contributed by atoms with Crippen LogP contribution < -0.4 is 20.7 Å². The number of aliphatic hydroxyl groups is 1. The van der Waals surface area contributed by atoms with Crippen molar-refractivity contribution in [3.8, 4) is 5.75 Å². The molecule has 4 N–H and O–H groups in total. The van der Waals surface area contributed by atoms with Crippen molar-refractivity contribution < 1.29 is 36.7 Å². The molecule has 2 atom stereocenters. The average Bonchev–Trinajstić information content (AvgIpc) is 3.74. The summed E-state index contributed by atoms with van der Waals surface area (Å²) in [5, 5.41) is 21.4. The van der Waals surface area contributed by atoms with Crippen LogP contribution in [0.3, 0.4) is 0 Å². The summed E-state index contributed by atoms with van der Waals surface area (Å²) in [6.07, 6.45) is -1.55. The number of rotatable bonds is 7. The molecule has 3 aromatic heterocycles. The van der Waals surface area contributed by atoms with Crippen molar-refractivity contribution >= 4 is 34.5 Å². The molecule has 3 heterocycles. The molecule has 3 aromatic rings. The summed E-state index contributed by atoms with van der Waals surface area (Å²) in [5.74, 6) is -1.63. The van der Waals surface area contributed by atoms with E-state index in [0.717, 1.165) is 38.6 Å². The maximum Gasteiger partial charge on any atom is 0.418 e. The zero-order valence-electron chi connectivity index (χ0n) is 21.8. The van der Waals surface area contributed by atoms with E-state index in [1.807, 2.05) is 5.32 Å². The number of hydrogen-bond donors (Lipinski definition) is 4. The van der Waals surface area contributed by atoms with E-state index in [4.69, 9.17) is 8.85 Å². The van der Waals surface area contributed by atoms with Gasteiger partial charge in [0.05, 0.1) is 30.2 Å². The number of carbonyl (C=O) groups is 2. The van der Waals surface area contributed by atoms with E-state index in [1.165, 1.54) is 23.0 Å². The van der Waals surface area contributed by atoms with E-state index in [9.17, 15) is 27.9 Å². The predicted molar refractivity (Wildman–Crippen MR) is 122 cm³/mol. The highest BCUT2D eigenvalue weighted by Gasteiger charge is 2.65. The highest BCUT2D eigenvalue weighted by atomic mass is 19.4. The van der Waals surface area contributed by atoms with Crippen molar-refractivity contribution in [2.75, 3.05) is 24.7 Å². The van der Waals surface area contributed by atoms with Gasteiger partial charge < -0.3 is 25.8 Å². The van der Waals surface area contributed by atoms with Crippen molar-refractivity contribution in [3.05, 3.63) is 41.9 Å². The lowest BCUT2D eigenvalue weighted by molar-refractivity contribution is -0.207. The number of methoxy groups -OCH3 is 1. The van der Waals surface area contributed by atoms with Gasteiger partial charge in [-0.05, 0) is 30.7 Å². The Bertz CT molecular complexity index is 1470. The highest BCUT2D eigenvalue weighted by Crippen LogP contribution is 2.70. The van der Waals surface area contributed by atoms with Crippen LogP contribution in [0.1, 0.15) is 45.4 Å². The quantitative estimate of drug-likeness (QED) is 0.387. The van der Waals surface area contributed by atoms with Crippen LogP contribution in [0.2, 0.25) is 0 Å². The normalized spacial score (nSPS) is 20.1. The number of ether oxygens (including phenoxy) is 1. The summed E-state index contributed by atoms with van der Waals surface area (Å²) in [6.45, 7) is -2.82. The van der Waals surface area contributed by atoms with Gasteiger partial charge in [0.1, 0.15) is 11.3 Å². The molecule has 10 nitrogen and oxygen atoms in total. The number of amides is 2. The van der Waals surface area contributed by atoms with Gasteiger partial charge in [0.15, 0.2) is 11.9 Å². The van der Waals surface area contributed by atoms with Crippen molar-refractivity contribution in [3.63, 3.8) is 0 Å². The smallest absolute Gasteiger partial charge is 0.418 e. The van der Waals surface area contributed by atoms with Crippen molar-refractivity contribution in [1.82, 2.24) is 19.9 Å². The Labute approximate surface area is 207 Å². The van der Waals surface area contributed by atoms with Crippen LogP contribution in [0.4, 0.5) is 30.4 Å². The molecule has 13 heteroatoms. The maximum absolute atomic E-state index is 13.3. The standard InChI is InChI=1S/C23H23F3N6O4/c1-27-20(34)12-9-28-16(31-21(35)13-8-22(13)4-5-22)7-14(12)30-15-10-29-32-6-3-11(18(36-2)17(15)32)19(33)23(24,25)26/h3,6-7,9-10,13,19,33H,4-5,8H2,1-2H3,(H,27,34)(H2,28,30,31,35)/t13?,19-/m0/s1/i1D3. The minimum Gasteiger partial charge on any atom is -0.494 e. The van der Waals surface area contributed by atoms with Gasteiger partial charge in [0.25, 0.3) is 5.91 Å². The molecule has 2 amide bonds. The third-order valence-corrected chi connectivity index (χ3v) is 6.66. The molecule has 0 radical (unpaired) electrons. The SMILES string of the molecule is [2H]C([2H])([2H])NC(=O)c1cnc(NC(=O)C2CC23CC3)cc1Nc1cnn2ccc([C@H](O)C(F)(F)F)c(OC)c12. The first-order valence-corrected chi connectivity index (χ1v) is 10.9. The lowest BCUT2D eigenvalue weighted by atomic mass is 10.1. The molecule has 2 saturated carbocycles. The molecule has 0 bridgehead atoms. The van der Waals surface area contributed by atoms with Crippen LogP contribution in [-0.4, -0.2) is 51.8 Å². The number of carbonyl (C=O) groups excluding carboxylic acids is 2. The summed E-state index contributed by atoms with van der Waals surface area (Å²) < 4.78 is 68.3. The predicted octanol–water partition coefficient (Wildman–Crippen LogP) is 3.18. The van der Waals surface area contributed by atoms with Crippen molar-refractivity contribution in [1.29, 1.82) is 0 Å². The number of anilines is 3. The van der Waals surface area contributed by atoms with Gasteiger partial charge in [-0.15, -0.1) is 0 Å². The molecule has 1 spiro atoms. The molecule has 190 valence electrons. The number of fused-ring (bicyclic) bond motifs is 1. The van der Waals surface area contributed by atoms with Crippen LogP contribution in [0, 0.1) is 11.3 Å². The Morgan fingerprint density at radius 1 is 1.33 bits per heavy atom. The lowest BCUT2D eigenvalue weighted by Crippen LogP contribution is -2.21. The van der Waals surface area contributed by atoms with E-state index in [-0.39, 0.29) is 51.3 Å². The number of nitrogens with one attached hydrogen (secondary N) is 3. The summed E-state index contributed by atoms with van der Waals surface area (Å²) in [7, 11) is 1.12. The fourth-order valence-electron chi connectivity index (χ4n) is 4.43. The summed E-state index contributed by atoms with van der Waals surface area (Å²) >= 11 is 0. The number of aromatic nitrogens is 3. The Hall–Kier alpha value is -3.87. The largest absolute Gasteiger partial charge is 0.494 e. The first kappa shape index (κ1) is 20.3. The van der Waals surface area contributed by atoms with E-state index >= 15 is 0 Å². The second-order valence-electron chi connectivity index (χ2n) is 8.90. The summed E-state index contributed by atoms with van der Waals surface area (Å²) in [5.41, 5.74) is -0.666. The van der Waals surface area contributed by atoms with Crippen LogP contribution in [0.25, 0.3) is 5.52 Å². The molecular formula is C23H23F3N6O4. The van der Waals surface area contributed by atoms with Gasteiger partial charge in [0.2, 0.25) is 5.91 Å². The Balaban J connectivity index is 1.53. The van der Waals surface area contributed by atoms with Gasteiger partial charge in [-0.25, -0.2) is 9.50 Å². The molecule has 1 unspecified atom stereocenters. The first-order valence-electron chi connectivity index (χ1n) is 12.4. The fourth-order valence-corrected chi connectivity index (χ4v) is 4.43. The molecule has 0 aromatic carbocycles. The molecule has 0 aliphatic heterocycles. The Morgan fingerprint density at radius 3 is 2.75 bits per heavy atom. The zero-order valence-corrected chi connectivity index (χ0v) is 18.8. The van der Waals surface area contributed by atoms with Crippen molar-refractivity contribution in [2.24, 2.45) is 11.3 Å². The number of alkyl halides is 3. The fraction of sp³-hybridized carbons (Fsp3) is 0.391. The number of pyridine rings is 2. The summed E-state index contributed by atoms with van der Waals surface area (Å²) in [6, 6.07) is 2.32. The molecule has 0 saturated heterocycles. The molecule has 2 aliphatic carbocycles.